The molecule has 0 saturated carbocycles. The van der Waals surface area contributed by atoms with Crippen LogP contribution in [0.15, 0.2) is 16.5 Å². The normalized spacial score (nSPS) is 15.0. The fourth-order valence-electron chi connectivity index (χ4n) is 1.41. The van der Waals surface area contributed by atoms with Gasteiger partial charge in [-0.1, -0.05) is 36.8 Å². The minimum Gasteiger partial charge on any atom is -0.591 e. The lowest BCUT2D eigenvalue weighted by molar-refractivity contribution is 0.457. The van der Waals surface area contributed by atoms with Gasteiger partial charge in [-0.3, -0.25) is 0 Å². The largest absolute Gasteiger partial charge is 0.591 e. The zero-order chi connectivity index (χ0) is 18.9. The van der Waals surface area contributed by atoms with Crippen LogP contribution in [-0.4, -0.2) is 23.8 Å². The molecular formula is C17H27ClFNO2SSi. The second-order valence-electron chi connectivity index (χ2n) is 8.24. The summed E-state index contributed by atoms with van der Waals surface area (Å²) >= 11 is 4.69. The first-order valence-corrected chi connectivity index (χ1v) is 12.2. The Hall–Kier alpha value is -0.563. The van der Waals surface area contributed by atoms with Gasteiger partial charge in [0.15, 0.2) is 11.6 Å². The Morgan fingerprint density at radius 1 is 1.21 bits per heavy atom. The predicted octanol–water partition coefficient (Wildman–Crippen LogP) is 5.74. The van der Waals surface area contributed by atoms with Gasteiger partial charge in [0.05, 0.1) is 11.2 Å². The maximum Gasteiger partial charge on any atom is 0.250 e. The van der Waals surface area contributed by atoms with Crippen LogP contribution in [-0.2, 0) is 11.4 Å². The molecule has 0 fully saturated rings. The number of rotatable bonds is 4. The molecule has 0 aromatic heterocycles. The molecule has 0 saturated heterocycles. The Bertz CT molecular complexity index is 624. The monoisotopic (exact) mass is 391 g/mol. The molecule has 0 aliphatic heterocycles. The molecule has 0 amide bonds. The van der Waals surface area contributed by atoms with Gasteiger partial charge in [-0.2, -0.15) is 0 Å². The first-order chi connectivity index (χ1) is 10.7. The summed E-state index contributed by atoms with van der Waals surface area (Å²) in [6, 6.07) is 3.09. The van der Waals surface area contributed by atoms with Crippen molar-refractivity contribution < 1.29 is 13.4 Å². The summed E-state index contributed by atoms with van der Waals surface area (Å²) in [5.41, 5.74) is 0.214. The lowest BCUT2D eigenvalue weighted by Gasteiger charge is -2.36. The number of benzene rings is 1. The van der Waals surface area contributed by atoms with Crippen LogP contribution < -0.4 is 4.43 Å². The maximum absolute atomic E-state index is 14.8. The van der Waals surface area contributed by atoms with Gasteiger partial charge in [-0.25, -0.2) is 4.39 Å². The van der Waals surface area contributed by atoms with Gasteiger partial charge in [0.2, 0.25) is 0 Å². The minimum atomic E-state index is -2.24. The van der Waals surface area contributed by atoms with E-state index in [4.69, 9.17) is 16.0 Å². The Kier molecular flexibility index (Phi) is 6.58. The van der Waals surface area contributed by atoms with Gasteiger partial charge in [0.25, 0.3) is 8.32 Å². The zero-order valence-corrected chi connectivity index (χ0v) is 18.2. The van der Waals surface area contributed by atoms with Crippen molar-refractivity contribution in [1.82, 2.24) is 0 Å². The number of nitrogens with zero attached hydrogens (tertiary/aromatic N) is 1. The molecular weight excluding hydrogens is 365 g/mol. The van der Waals surface area contributed by atoms with Crippen LogP contribution >= 0.6 is 11.6 Å². The molecule has 0 aliphatic rings. The van der Waals surface area contributed by atoms with Crippen LogP contribution in [0.1, 0.15) is 47.1 Å². The molecule has 1 atom stereocenters. The lowest BCUT2D eigenvalue weighted by Crippen LogP contribution is -2.44. The molecule has 0 spiro atoms. The molecule has 24 heavy (non-hydrogen) atoms. The van der Waals surface area contributed by atoms with Gasteiger partial charge >= 0.3 is 0 Å². The Labute approximate surface area is 154 Å². The van der Waals surface area contributed by atoms with E-state index < -0.39 is 30.2 Å². The average Bonchev–Trinajstić information content (AvgIpc) is 2.40. The smallest absolute Gasteiger partial charge is 0.250 e. The molecule has 1 rings (SSSR count). The molecule has 0 aliphatic carbocycles. The lowest BCUT2D eigenvalue weighted by atomic mass is 10.2. The van der Waals surface area contributed by atoms with Crippen LogP contribution in [0, 0.1) is 5.82 Å². The van der Waals surface area contributed by atoms with Gasteiger partial charge in [0.1, 0.15) is 16.1 Å². The molecule has 7 heteroatoms. The SMILES string of the molecule is CC(C)(C)[S@@+]([O-])/N=C/c1ccc(Cl)c(O[Si](C)(C)C(C)(C)C)c1F. The van der Waals surface area contributed by atoms with Gasteiger partial charge < -0.3 is 8.98 Å². The second kappa shape index (κ2) is 7.36. The van der Waals surface area contributed by atoms with Gasteiger partial charge in [-0.15, -0.1) is 0 Å². The van der Waals surface area contributed by atoms with Crippen molar-refractivity contribution in [1.29, 1.82) is 0 Å². The zero-order valence-electron chi connectivity index (χ0n) is 15.7. The minimum absolute atomic E-state index is 0.0498. The summed E-state index contributed by atoms with van der Waals surface area (Å²) in [5.74, 6) is -0.518. The van der Waals surface area contributed by atoms with E-state index in [0.717, 1.165) is 0 Å². The summed E-state index contributed by atoms with van der Waals surface area (Å²) in [7, 11) is -2.24. The van der Waals surface area contributed by atoms with E-state index in [1.54, 1.807) is 6.07 Å². The van der Waals surface area contributed by atoms with Gasteiger partial charge in [-0.05, 0) is 51.0 Å². The van der Waals surface area contributed by atoms with Crippen LogP contribution in [0.4, 0.5) is 4.39 Å². The van der Waals surface area contributed by atoms with Crippen molar-refractivity contribution in [3.8, 4) is 5.75 Å². The summed E-state index contributed by atoms with van der Waals surface area (Å²) in [5, 5.41) is 0.145. The highest BCUT2D eigenvalue weighted by molar-refractivity contribution is 7.91. The topological polar surface area (TPSA) is 44.7 Å². The summed E-state index contributed by atoms with van der Waals surface area (Å²) in [6.07, 6.45) is 1.28. The van der Waals surface area contributed by atoms with Crippen LogP contribution in [0.3, 0.4) is 0 Å². The molecule has 0 N–H and O–H groups in total. The standard InChI is InChI=1S/C17H27ClFNO2SSi/c1-16(2,3)23(21)20-11-12-9-10-13(18)15(14(12)19)22-24(7,8)17(4,5)6/h9-11H,1-8H3/b20-11+/t23-/m1/s1. The average molecular weight is 392 g/mol. The number of hydrogen-bond donors (Lipinski definition) is 0. The summed E-state index contributed by atoms with van der Waals surface area (Å²) in [6.45, 7) is 15.7. The number of hydrogen-bond acceptors (Lipinski definition) is 3. The fraction of sp³-hybridized carbons (Fsp3) is 0.588. The van der Waals surface area contributed by atoms with E-state index in [2.05, 4.69) is 25.2 Å². The molecule has 136 valence electrons. The van der Waals surface area contributed by atoms with E-state index in [-0.39, 0.29) is 21.4 Å². The third-order valence-corrected chi connectivity index (χ3v) is 10.0. The molecule has 3 nitrogen and oxygen atoms in total. The maximum atomic E-state index is 14.8. The summed E-state index contributed by atoms with van der Waals surface area (Å²) < 4.78 is 36.3. The highest BCUT2D eigenvalue weighted by Gasteiger charge is 2.40. The van der Waals surface area contributed by atoms with Gasteiger partial charge in [0, 0.05) is 5.56 Å². The highest BCUT2D eigenvalue weighted by Crippen LogP contribution is 2.40. The Balaban J connectivity index is 3.20. The third kappa shape index (κ3) is 5.21. The number of halogens is 2. The second-order valence-corrected chi connectivity index (χ2v) is 15.3. The fourth-order valence-corrected chi connectivity index (χ4v) is 3.20. The van der Waals surface area contributed by atoms with Crippen molar-refractivity contribution in [3.63, 3.8) is 0 Å². The van der Waals surface area contributed by atoms with Crippen molar-refractivity contribution in [2.75, 3.05) is 0 Å². The van der Waals surface area contributed by atoms with Crippen molar-refractivity contribution in [2.24, 2.45) is 4.40 Å². The van der Waals surface area contributed by atoms with Crippen molar-refractivity contribution >= 4 is 37.5 Å². The predicted molar refractivity (Wildman–Crippen MR) is 105 cm³/mol. The van der Waals surface area contributed by atoms with E-state index >= 15 is 0 Å². The Morgan fingerprint density at radius 2 is 1.75 bits per heavy atom. The van der Waals surface area contributed by atoms with E-state index in [0.29, 0.717) is 0 Å². The van der Waals surface area contributed by atoms with Crippen molar-refractivity contribution in [2.45, 2.75) is 64.4 Å². The Morgan fingerprint density at radius 3 is 2.21 bits per heavy atom. The third-order valence-electron chi connectivity index (χ3n) is 4.05. The van der Waals surface area contributed by atoms with E-state index in [1.165, 1.54) is 12.3 Å². The van der Waals surface area contributed by atoms with E-state index in [9.17, 15) is 8.94 Å². The molecule has 0 unspecified atom stereocenters. The quantitative estimate of drug-likeness (QED) is 0.373. The molecule has 1 aromatic carbocycles. The summed E-state index contributed by atoms with van der Waals surface area (Å²) in [4.78, 5) is 0. The van der Waals surface area contributed by atoms with Crippen LogP contribution in [0.2, 0.25) is 23.2 Å². The molecule has 0 bridgehead atoms. The van der Waals surface area contributed by atoms with Crippen LogP contribution in [0.25, 0.3) is 0 Å². The van der Waals surface area contributed by atoms with Crippen LogP contribution in [0.5, 0.6) is 5.75 Å². The first-order valence-electron chi connectivity index (χ1n) is 7.80. The molecule has 1 aromatic rings. The van der Waals surface area contributed by atoms with Crippen molar-refractivity contribution in [3.05, 3.63) is 28.5 Å². The first kappa shape index (κ1) is 21.5. The molecule has 0 radical (unpaired) electrons. The highest BCUT2D eigenvalue weighted by atomic mass is 35.5. The molecule has 0 heterocycles. The van der Waals surface area contributed by atoms with E-state index in [1.807, 2.05) is 33.9 Å².